The molecule has 1 aliphatic rings. The monoisotopic (exact) mass is 283 g/mol. The molecule has 0 fully saturated rings. The molecular weight excluding hydrogens is 270 g/mol. The second kappa shape index (κ2) is 5.47. The molecular formula is C16H14ClN3. The first-order valence-electron chi connectivity index (χ1n) is 6.49. The van der Waals surface area contributed by atoms with E-state index in [0.29, 0.717) is 10.7 Å². The van der Waals surface area contributed by atoms with Crippen LogP contribution < -0.4 is 5.73 Å². The number of nitrogens with zero attached hydrogens (tertiary/aromatic N) is 2. The van der Waals surface area contributed by atoms with Crippen molar-refractivity contribution in [1.29, 1.82) is 0 Å². The second-order valence-electron chi connectivity index (χ2n) is 4.64. The molecule has 0 spiro atoms. The number of aromatic nitrogens is 2. The van der Waals surface area contributed by atoms with Gasteiger partial charge in [-0.2, -0.15) is 0 Å². The van der Waals surface area contributed by atoms with E-state index in [1.807, 2.05) is 12.1 Å². The average molecular weight is 284 g/mol. The van der Waals surface area contributed by atoms with Crippen LogP contribution in [0.4, 0.5) is 5.95 Å². The summed E-state index contributed by atoms with van der Waals surface area (Å²) >= 11 is 6.16. The summed E-state index contributed by atoms with van der Waals surface area (Å²) in [5, 5.41) is 0.504. The van der Waals surface area contributed by atoms with Gasteiger partial charge in [-0.15, -0.1) is 0 Å². The molecule has 0 radical (unpaired) electrons. The summed E-state index contributed by atoms with van der Waals surface area (Å²) in [5.41, 5.74) is 9.65. The molecule has 0 amide bonds. The number of nitrogens with two attached hydrogens (primary N) is 1. The van der Waals surface area contributed by atoms with Crippen molar-refractivity contribution < 1.29 is 0 Å². The fraction of sp³-hybridized carbons (Fsp3) is 0.125. The number of rotatable bonds is 2. The Labute approximate surface area is 122 Å². The molecule has 3 rings (SSSR count). The molecule has 2 N–H and O–H groups in total. The van der Waals surface area contributed by atoms with Gasteiger partial charge in [-0.3, -0.25) is 0 Å². The smallest absolute Gasteiger partial charge is 0.220 e. The second-order valence-corrected chi connectivity index (χ2v) is 5.05. The van der Waals surface area contributed by atoms with Crippen LogP contribution in [0.3, 0.4) is 0 Å². The summed E-state index contributed by atoms with van der Waals surface area (Å²) < 4.78 is 0. The quantitative estimate of drug-likeness (QED) is 0.902. The lowest BCUT2D eigenvalue weighted by molar-refractivity contribution is 1.04. The number of nitrogen functional groups attached to an aromatic ring is 1. The van der Waals surface area contributed by atoms with E-state index in [1.54, 1.807) is 0 Å². The highest BCUT2D eigenvalue weighted by atomic mass is 35.5. The molecule has 1 aromatic carbocycles. The van der Waals surface area contributed by atoms with Crippen LogP contribution in [0.5, 0.6) is 0 Å². The highest BCUT2D eigenvalue weighted by molar-refractivity contribution is 6.32. The van der Waals surface area contributed by atoms with E-state index in [4.69, 9.17) is 17.3 Å². The number of hydrogen-bond donors (Lipinski definition) is 1. The number of allylic oxidation sites excluding steroid dienone is 4. The van der Waals surface area contributed by atoms with Crippen molar-refractivity contribution in [3.8, 4) is 11.3 Å². The Kier molecular flexibility index (Phi) is 3.52. The number of hydrogen-bond acceptors (Lipinski definition) is 3. The van der Waals surface area contributed by atoms with Crippen molar-refractivity contribution >= 4 is 23.1 Å². The molecule has 1 heterocycles. The molecule has 0 saturated heterocycles. The molecule has 0 unspecified atom stereocenters. The molecule has 0 aliphatic heterocycles. The lowest BCUT2D eigenvalue weighted by Crippen LogP contribution is -1.97. The summed E-state index contributed by atoms with van der Waals surface area (Å²) in [5.74, 6) is 0.228. The zero-order chi connectivity index (χ0) is 13.9. The van der Waals surface area contributed by atoms with Gasteiger partial charge < -0.3 is 5.73 Å². The van der Waals surface area contributed by atoms with E-state index in [9.17, 15) is 0 Å². The van der Waals surface area contributed by atoms with Crippen LogP contribution in [0.2, 0.25) is 5.02 Å². The molecule has 2 aromatic rings. The summed E-state index contributed by atoms with van der Waals surface area (Å²) in [7, 11) is 0. The zero-order valence-corrected chi connectivity index (χ0v) is 11.6. The lowest BCUT2D eigenvalue weighted by Gasteiger charge is -2.10. The fourth-order valence-electron chi connectivity index (χ4n) is 2.26. The van der Waals surface area contributed by atoms with Gasteiger partial charge in [-0.25, -0.2) is 9.97 Å². The van der Waals surface area contributed by atoms with Crippen LogP contribution in [0, 0.1) is 0 Å². The standard InChI is InChI=1S/C16H14ClN3/c17-14-10-19-16(18)20-15(14)13-8-4-7-12(9-13)11-5-2-1-3-6-11/h2,4-10H,1,3H2,(H2,18,19,20). The van der Waals surface area contributed by atoms with E-state index >= 15 is 0 Å². The number of halogens is 1. The zero-order valence-electron chi connectivity index (χ0n) is 10.9. The Bertz CT molecular complexity index is 705. The molecule has 0 bridgehead atoms. The van der Waals surface area contributed by atoms with Gasteiger partial charge in [-0.05, 0) is 30.0 Å². The third-order valence-electron chi connectivity index (χ3n) is 3.23. The van der Waals surface area contributed by atoms with Gasteiger partial charge in [0.25, 0.3) is 0 Å². The Hall–Kier alpha value is -2.13. The Morgan fingerprint density at radius 2 is 2.00 bits per heavy atom. The topological polar surface area (TPSA) is 51.8 Å². The normalized spacial score (nSPS) is 14.2. The molecule has 3 nitrogen and oxygen atoms in total. The molecule has 1 aliphatic carbocycles. The first-order chi connectivity index (χ1) is 9.74. The van der Waals surface area contributed by atoms with Gasteiger partial charge in [-0.1, -0.05) is 48.0 Å². The van der Waals surface area contributed by atoms with Gasteiger partial charge in [0.05, 0.1) is 16.9 Å². The van der Waals surface area contributed by atoms with Crippen LogP contribution in [0.15, 0.2) is 48.7 Å². The number of benzene rings is 1. The van der Waals surface area contributed by atoms with E-state index in [2.05, 4.69) is 40.3 Å². The Morgan fingerprint density at radius 3 is 2.80 bits per heavy atom. The molecule has 0 saturated carbocycles. The van der Waals surface area contributed by atoms with E-state index in [-0.39, 0.29) is 5.95 Å². The fourth-order valence-corrected chi connectivity index (χ4v) is 2.46. The summed E-state index contributed by atoms with van der Waals surface area (Å²) in [4.78, 5) is 8.12. The van der Waals surface area contributed by atoms with Crippen LogP contribution >= 0.6 is 11.6 Å². The van der Waals surface area contributed by atoms with Crippen molar-refractivity contribution in [2.24, 2.45) is 0 Å². The Morgan fingerprint density at radius 1 is 1.15 bits per heavy atom. The third-order valence-corrected chi connectivity index (χ3v) is 3.50. The lowest BCUT2D eigenvalue weighted by atomic mass is 9.97. The van der Waals surface area contributed by atoms with Crippen LogP contribution in [0.1, 0.15) is 18.4 Å². The largest absolute Gasteiger partial charge is 0.368 e. The molecule has 0 atom stereocenters. The molecule has 4 heteroatoms. The SMILES string of the molecule is Nc1ncc(Cl)c(-c2cccc(C3=CCCC=C3)c2)n1. The highest BCUT2D eigenvalue weighted by Crippen LogP contribution is 2.29. The van der Waals surface area contributed by atoms with Gasteiger partial charge >= 0.3 is 0 Å². The average Bonchev–Trinajstić information content (AvgIpc) is 2.51. The van der Waals surface area contributed by atoms with Crippen molar-refractivity contribution in [1.82, 2.24) is 9.97 Å². The van der Waals surface area contributed by atoms with E-state index in [0.717, 1.165) is 24.0 Å². The minimum absolute atomic E-state index is 0.228. The van der Waals surface area contributed by atoms with Crippen LogP contribution in [-0.4, -0.2) is 9.97 Å². The first kappa shape index (κ1) is 12.9. The molecule has 100 valence electrons. The maximum absolute atomic E-state index is 6.16. The number of anilines is 1. The summed E-state index contributed by atoms with van der Waals surface area (Å²) in [6, 6.07) is 8.14. The molecule has 1 aromatic heterocycles. The predicted octanol–water partition coefficient (Wildman–Crippen LogP) is 4.11. The van der Waals surface area contributed by atoms with Crippen LogP contribution in [-0.2, 0) is 0 Å². The van der Waals surface area contributed by atoms with Gasteiger partial charge in [0.15, 0.2) is 0 Å². The maximum atomic E-state index is 6.16. The predicted molar refractivity (Wildman–Crippen MR) is 83.2 cm³/mol. The van der Waals surface area contributed by atoms with E-state index < -0.39 is 0 Å². The maximum Gasteiger partial charge on any atom is 0.220 e. The van der Waals surface area contributed by atoms with Gasteiger partial charge in [0.2, 0.25) is 5.95 Å². The van der Waals surface area contributed by atoms with E-state index in [1.165, 1.54) is 11.8 Å². The van der Waals surface area contributed by atoms with Gasteiger partial charge in [0.1, 0.15) is 0 Å². The molecule has 20 heavy (non-hydrogen) atoms. The van der Waals surface area contributed by atoms with Crippen molar-refractivity contribution in [3.05, 3.63) is 59.3 Å². The Balaban J connectivity index is 2.05. The van der Waals surface area contributed by atoms with Gasteiger partial charge in [0, 0.05) is 5.56 Å². The minimum Gasteiger partial charge on any atom is -0.368 e. The summed E-state index contributed by atoms with van der Waals surface area (Å²) in [6.45, 7) is 0. The third kappa shape index (κ3) is 2.58. The van der Waals surface area contributed by atoms with Crippen LogP contribution in [0.25, 0.3) is 16.8 Å². The summed E-state index contributed by atoms with van der Waals surface area (Å²) in [6.07, 6.45) is 10.3. The highest BCUT2D eigenvalue weighted by Gasteiger charge is 2.09. The van der Waals surface area contributed by atoms with Crippen molar-refractivity contribution in [2.45, 2.75) is 12.8 Å². The van der Waals surface area contributed by atoms with Crippen molar-refractivity contribution in [2.75, 3.05) is 5.73 Å². The van der Waals surface area contributed by atoms with Crippen molar-refractivity contribution in [3.63, 3.8) is 0 Å². The minimum atomic E-state index is 0.228. The first-order valence-corrected chi connectivity index (χ1v) is 6.87.